The summed E-state index contributed by atoms with van der Waals surface area (Å²) in [6.07, 6.45) is 1.16. The van der Waals surface area contributed by atoms with Gasteiger partial charge in [-0.2, -0.15) is 0 Å². The molecule has 2 rings (SSSR count). The average Bonchev–Trinajstić information content (AvgIpc) is 2.84. The third kappa shape index (κ3) is 3.06. The molecule has 2 atom stereocenters. The maximum atomic E-state index is 5.42. The zero-order chi connectivity index (χ0) is 10.7. The van der Waals surface area contributed by atoms with Gasteiger partial charge in [0.1, 0.15) is 5.76 Å². The Bertz CT molecular complexity index is 307. The lowest BCUT2D eigenvalue weighted by atomic mass is 10.0. The summed E-state index contributed by atoms with van der Waals surface area (Å²) >= 11 is 3.29. The highest BCUT2D eigenvalue weighted by Gasteiger charge is 2.21. The lowest BCUT2D eigenvalue weighted by Gasteiger charge is -2.18. The average molecular weight is 274 g/mol. The predicted molar refractivity (Wildman–Crippen MR) is 61.6 cm³/mol. The van der Waals surface area contributed by atoms with E-state index in [-0.39, 0.29) is 0 Å². The van der Waals surface area contributed by atoms with Crippen LogP contribution in [0.4, 0.5) is 0 Å². The summed E-state index contributed by atoms with van der Waals surface area (Å²) in [4.78, 5) is 0. The number of halogens is 1. The van der Waals surface area contributed by atoms with Crippen LogP contribution in [0.5, 0.6) is 0 Å². The summed E-state index contributed by atoms with van der Waals surface area (Å²) in [5, 5.41) is 3.46. The minimum Gasteiger partial charge on any atom is -0.453 e. The summed E-state index contributed by atoms with van der Waals surface area (Å²) < 4.78 is 11.6. The van der Waals surface area contributed by atoms with E-state index >= 15 is 0 Å². The molecule has 0 saturated carbocycles. The highest BCUT2D eigenvalue weighted by Crippen LogP contribution is 2.18. The first kappa shape index (κ1) is 11.2. The molecule has 15 heavy (non-hydrogen) atoms. The SMILES string of the molecule is CC(NCc1ccc(Br)o1)C1CCOC1. The minimum atomic E-state index is 0.483. The second-order valence-corrected chi connectivity index (χ2v) is 4.78. The Morgan fingerprint density at radius 3 is 3.07 bits per heavy atom. The largest absolute Gasteiger partial charge is 0.453 e. The van der Waals surface area contributed by atoms with Crippen LogP contribution in [-0.4, -0.2) is 19.3 Å². The molecule has 3 nitrogen and oxygen atoms in total. The first-order valence-electron chi connectivity index (χ1n) is 5.31. The van der Waals surface area contributed by atoms with Gasteiger partial charge in [0.05, 0.1) is 13.2 Å². The third-order valence-electron chi connectivity index (χ3n) is 2.90. The van der Waals surface area contributed by atoms with Gasteiger partial charge in [-0.25, -0.2) is 0 Å². The van der Waals surface area contributed by atoms with Crippen molar-refractivity contribution in [3.63, 3.8) is 0 Å². The van der Waals surface area contributed by atoms with Gasteiger partial charge in [0, 0.05) is 12.6 Å². The van der Waals surface area contributed by atoms with Crippen molar-refractivity contribution in [2.24, 2.45) is 5.92 Å². The molecule has 2 heterocycles. The van der Waals surface area contributed by atoms with Gasteiger partial charge in [0.2, 0.25) is 0 Å². The third-order valence-corrected chi connectivity index (χ3v) is 3.33. The van der Waals surface area contributed by atoms with Crippen LogP contribution < -0.4 is 5.32 Å². The fourth-order valence-electron chi connectivity index (χ4n) is 1.82. The van der Waals surface area contributed by atoms with Gasteiger partial charge in [-0.3, -0.25) is 0 Å². The molecular formula is C11H16BrNO2. The lowest BCUT2D eigenvalue weighted by molar-refractivity contribution is 0.178. The molecule has 1 aliphatic rings. The Kier molecular flexibility index (Phi) is 3.83. The topological polar surface area (TPSA) is 34.4 Å². The standard InChI is InChI=1S/C11H16BrNO2/c1-8(9-4-5-14-7-9)13-6-10-2-3-11(12)15-10/h2-3,8-9,13H,4-7H2,1H3. The fraction of sp³-hybridized carbons (Fsp3) is 0.636. The monoisotopic (exact) mass is 273 g/mol. The number of rotatable bonds is 4. The summed E-state index contributed by atoms with van der Waals surface area (Å²) in [6, 6.07) is 4.38. The summed E-state index contributed by atoms with van der Waals surface area (Å²) in [7, 11) is 0. The molecule has 0 spiro atoms. The smallest absolute Gasteiger partial charge is 0.169 e. The van der Waals surface area contributed by atoms with Crippen molar-refractivity contribution in [2.45, 2.75) is 25.9 Å². The maximum absolute atomic E-state index is 5.42. The van der Waals surface area contributed by atoms with Crippen molar-refractivity contribution >= 4 is 15.9 Å². The number of hydrogen-bond donors (Lipinski definition) is 1. The van der Waals surface area contributed by atoms with Crippen molar-refractivity contribution in [3.05, 3.63) is 22.6 Å². The second kappa shape index (κ2) is 5.14. The molecule has 1 N–H and O–H groups in total. The van der Waals surface area contributed by atoms with Crippen LogP contribution in [-0.2, 0) is 11.3 Å². The van der Waals surface area contributed by atoms with Crippen molar-refractivity contribution < 1.29 is 9.15 Å². The normalized spacial score (nSPS) is 23.2. The van der Waals surface area contributed by atoms with Gasteiger partial charge < -0.3 is 14.5 Å². The highest BCUT2D eigenvalue weighted by atomic mass is 79.9. The lowest BCUT2D eigenvalue weighted by Crippen LogP contribution is -2.33. The van der Waals surface area contributed by atoms with E-state index in [1.54, 1.807) is 0 Å². The van der Waals surface area contributed by atoms with Crippen LogP contribution in [0, 0.1) is 5.92 Å². The van der Waals surface area contributed by atoms with Crippen LogP contribution in [0.1, 0.15) is 19.1 Å². The Morgan fingerprint density at radius 2 is 2.47 bits per heavy atom. The summed E-state index contributed by atoms with van der Waals surface area (Å²) in [5.41, 5.74) is 0. The Morgan fingerprint density at radius 1 is 1.60 bits per heavy atom. The summed E-state index contributed by atoms with van der Waals surface area (Å²) in [5.74, 6) is 1.61. The molecule has 0 aromatic carbocycles. The van der Waals surface area contributed by atoms with Gasteiger partial charge in [-0.05, 0) is 47.3 Å². The van der Waals surface area contributed by atoms with Crippen LogP contribution in [0.3, 0.4) is 0 Å². The molecule has 1 aromatic rings. The van der Waals surface area contributed by atoms with Gasteiger partial charge in [0.15, 0.2) is 4.67 Å². The number of hydrogen-bond acceptors (Lipinski definition) is 3. The molecule has 4 heteroatoms. The van der Waals surface area contributed by atoms with Crippen LogP contribution >= 0.6 is 15.9 Å². The molecule has 0 radical (unpaired) electrons. The Balaban J connectivity index is 1.77. The van der Waals surface area contributed by atoms with E-state index in [0.29, 0.717) is 12.0 Å². The zero-order valence-electron chi connectivity index (χ0n) is 8.83. The van der Waals surface area contributed by atoms with Crippen LogP contribution in [0.25, 0.3) is 0 Å². The number of ether oxygens (including phenoxy) is 1. The van der Waals surface area contributed by atoms with Gasteiger partial charge in [-0.1, -0.05) is 0 Å². The maximum Gasteiger partial charge on any atom is 0.169 e. The molecule has 1 aliphatic heterocycles. The number of furan rings is 1. The molecule has 1 saturated heterocycles. The van der Waals surface area contributed by atoms with Crippen molar-refractivity contribution in [3.8, 4) is 0 Å². The minimum absolute atomic E-state index is 0.483. The Hall–Kier alpha value is -0.320. The van der Waals surface area contributed by atoms with E-state index in [4.69, 9.17) is 9.15 Å². The Labute approximate surface area is 98.3 Å². The highest BCUT2D eigenvalue weighted by molar-refractivity contribution is 9.10. The van der Waals surface area contributed by atoms with Crippen molar-refractivity contribution in [1.29, 1.82) is 0 Å². The molecule has 0 amide bonds. The second-order valence-electron chi connectivity index (χ2n) is 4.00. The zero-order valence-corrected chi connectivity index (χ0v) is 10.4. The van der Waals surface area contributed by atoms with E-state index in [0.717, 1.165) is 36.6 Å². The number of nitrogens with one attached hydrogen (secondary N) is 1. The van der Waals surface area contributed by atoms with E-state index in [1.165, 1.54) is 0 Å². The molecule has 2 unspecified atom stereocenters. The van der Waals surface area contributed by atoms with Crippen LogP contribution in [0.15, 0.2) is 21.2 Å². The van der Waals surface area contributed by atoms with Crippen LogP contribution in [0.2, 0.25) is 0 Å². The molecule has 1 fully saturated rings. The van der Waals surface area contributed by atoms with E-state index in [2.05, 4.69) is 28.2 Å². The molecular weight excluding hydrogens is 258 g/mol. The van der Waals surface area contributed by atoms with Gasteiger partial charge >= 0.3 is 0 Å². The quantitative estimate of drug-likeness (QED) is 0.916. The van der Waals surface area contributed by atoms with Gasteiger partial charge in [0.25, 0.3) is 0 Å². The van der Waals surface area contributed by atoms with Crippen molar-refractivity contribution in [1.82, 2.24) is 5.32 Å². The molecule has 1 aromatic heterocycles. The molecule has 84 valence electrons. The van der Waals surface area contributed by atoms with Crippen molar-refractivity contribution in [2.75, 3.05) is 13.2 Å². The fourth-order valence-corrected chi connectivity index (χ4v) is 2.16. The summed E-state index contributed by atoms with van der Waals surface area (Å²) in [6.45, 7) is 4.78. The first-order chi connectivity index (χ1) is 7.25. The molecule has 0 bridgehead atoms. The molecule has 0 aliphatic carbocycles. The predicted octanol–water partition coefficient (Wildman–Crippen LogP) is 2.56. The van der Waals surface area contributed by atoms with E-state index < -0.39 is 0 Å². The first-order valence-corrected chi connectivity index (χ1v) is 6.10. The van der Waals surface area contributed by atoms with E-state index in [1.807, 2.05) is 12.1 Å². The van der Waals surface area contributed by atoms with E-state index in [9.17, 15) is 0 Å². The van der Waals surface area contributed by atoms with Gasteiger partial charge in [-0.15, -0.1) is 0 Å².